The summed E-state index contributed by atoms with van der Waals surface area (Å²) in [7, 11) is 3.01. The van der Waals surface area contributed by atoms with Gasteiger partial charge in [-0.1, -0.05) is 35.9 Å². The quantitative estimate of drug-likeness (QED) is 0.121. The number of nitrogens with zero attached hydrogens (tertiary/aromatic N) is 1. The van der Waals surface area contributed by atoms with Gasteiger partial charge in [0.1, 0.15) is 34.5 Å². The normalized spacial score (nSPS) is 17.9. The molecule has 216 valence electrons. The van der Waals surface area contributed by atoms with E-state index in [-0.39, 0.29) is 76.0 Å². The number of aromatic nitrogens is 1. The zero-order valence-corrected chi connectivity index (χ0v) is 25.0. The number of alkyl halides is 1. The van der Waals surface area contributed by atoms with Crippen LogP contribution in [0.5, 0.6) is 23.0 Å². The van der Waals surface area contributed by atoms with E-state index < -0.39 is 34.7 Å². The fourth-order valence-electron chi connectivity index (χ4n) is 6.71. The summed E-state index contributed by atoms with van der Waals surface area (Å²) in [5, 5.41) is 56.2. The average Bonchev–Trinajstić information content (AvgIpc) is 2.95. The number of hydrogen-bond acceptors (Lipinski definition) is 9. The number of phenols is 3. The summed E-state index contributed by atoms with van der Waals surface area (Å²) < 4.78 is 13.6. The molecule has 2 aliphatic carbocycles. The summed E-state index contributed by atoms with van der Waals surface area (Å²) in [4.78, 5) is 27.4. The van der Waals surface area contributed by atoms with Crippen LogP contribution in [0.2, 0.25) is 0 Å². The summed E-state index contributed by atoms with van der Waals surface area (Å²) in [6, 6.07) is 0. The molecule has 6 rings (SSSR count). The molecule has 0 spiro atoms. The molecular formula is C30H30INO9. The Balaban J connectivity index is 1.80. The Morgan fingerprint density at radius 3 is 2.24 bits per heavy atom. The largest absolute Gasteiger partial charge is 0.507 e. The molecule has 2 heterocycles. The van der Waals surface area contributed by atoms with Crippen LogP contribution in [0, 0.1) is 0 Å². The predicted molar refractivity (Wildman–Crippen MR) is 160 cm³/mol. The number of pyridine rings is 1. The van der Waals surface area contributed by atoms with Crippen LogP contribution in [0.4, 0.5) is 0 Å². The second kappa shape index (κ2) is 9.92. The molecular weight excluding hydrogens is 645 g/mol. The first-order chi connectivity index (χ1) is 19.6. The van der Waals surface area contributed by atoms with Crippen LogP contribution in [0.25, 0.3) is 32.9 Å². The third-order valence-electron chi connectivity index (χ3n) is 8.60. The monoisotopic (exact) mass is 675 g/mol. The lowest BCUT2D eigenvalue weighted by Crippen LogP contribution is -2.24. The van der Waals surface area contributed by atoms with Crippen molar-refractivity contribution in [3.63, 3.8) is 0 Å². The lowest BCUT2D eigenvalue weighted by molar-refractivity contribution is 0.0713. The number of aliphatic hydroxyl groups excluding tert-OH is 2. The molecule has 11 heteroatoms. The number of aromatic hydroxyl groups is 3. The fourth-order valence-corrected chi connectivity index (χ4v) is 7.53. The Hall–Kier alpha value is -3.29. The van der Waals surface area contributed by atoms with E-state index in [0.717, 1.165) is 17.7 Å². The molecule has 10 nitrogen and oxygen atoms in total. The summed E-state index contributed by atoms with van der Waals surface area (Å²) in [6.07, 6.45) is -0.0708. The van der Waals surface area contributed by atoms with Crippen LogP contribution < -0.4 is 15.7 Å². The first-order valence-electron chi connectivity index (χ1n) is 13.5. The molecule has 2 aromatic carbocycles. The van der Waals surface area contributed by atoms with E-state index in [4.69, 9.17) is 9.15 Å². The Kier molecular flexibility index (Phi) is 6.74. The van der Waals surface area contributed by atoms with Gasteiger partial charge in [0.25, 0.3) is 5.56 Å². The van der Waals surface area contributed by atoms with Crippen LogP contribution in [0.3, 0.4) is 0 Å². The number of rotatable bonds is 4. The predicted octanol–water partition coefficient (Wildman–Crippen LogP) is 4.28. The number of halogens is 1. The van der Waals surface area contributed by atoms with Gasteiger partial charge in [-0.05, 0) is 37.7 Å². The van der Waals surface area contributed by atoms with Crippen LogP contribution in [0.1, 0.15) is 72.1 Å². The highest BCUT2D eigenvalue weighted by atomic mass is 127. The molecule has 41 heavy (non-hydrogen) atoms. The van der Waals surface area contributed by atoms with E-state index in [0.29, 0.717) is 27.4 Å². The van der Waals surface area contributed by atoms with Gasteiger partial charge in [0.2, 0.25) is 5.43 Å². The average molecular weight is 675 g/mol. The summed E-state index contributed by atoms with van der Waals surface area (Å²) in [5.74, 6) is -1.01. The van der Waals surface area contributed by atoms with E-state index in [9.17, 15) is 35.1 Å². The minimum absolute atomic E-state index is 0.0476. The number of aliphatic hydroxyl groups is 2. The fraction of sp³-hybridized carbons (Fsp3) is 0.400. The van der Waals surface area contributed by atoms with Gasteiger partial charge in [-0.25, -0.2) is 0 Å². The third-order valence-corrected chi connectivity index (χ3v) is 9.37. The molecule has 0 saturated carbocycles. The summed E-state index contributed by atoms with van der Waals surface area (Å²) in [5.41, 5.74) is 0.966. The van der Waals surface area contributed by atoms with Gasteiger partial charge in [-0.2, -0.15) is 0 Å². The van der Waals surface area contributed by atoms with E-state index in [1.54, 1.807) is 7.05 Å². The molecule has 0 fully saturated rings. The SMILES string of the molecule is CCCc1c(CI)c2c(O)c3c(c(O)c2c(=O)n1C)-c1c(c(OC)c2oc4c(c(=O)c2c1O)[C@@H](O)CC[C@@H]4O)CC3. The maximum absolute atomic E-state index is 13.7. The number of ether oxygens (including phenoxy) is 1. The lowest BCUT2D eigenvalue weighted by Gasteiger charge is -2.29. The topological polar surface area (TPSA) is 163 Å². The summed E-state index contributed by atoms with van der Waals surface area (Å²) >= 11 is 2.18. The number of phenolic OH excluding ortho intramolecular Hbond substituents is 3. The van der Waals surface area contributed by atoms with Gasteiger partial charge >= 0.3 is 0 Å². The van der Waals surface area contributed by atoms with Gasteiger partial charge in [0.15, 0.2) is 11.3 Å². The molecule has 0 aliphatic heterocycles. The van der Waals surface area contributed by atoms with E-state index >= 15 is 0 Å². The van der Waals surface area contributed by atoms with Crippen molar-refractivity contribution in [1.82, 2.24) is 4.57 Å². The summed E-state index contributed by atoms with van der Waals surface area (Å²) in [6.45, 7) is 2.00. The van der Waals surface area contributed by atoms with Crippen molar-refractivity contribution in [3.8, 4) is 34.1 Å². The van der Waals surface area contributed by atoms with Crippen molar-refractivity contribution in [2.45, 2.75) is 62.1 Å². The van der Waals surface area contributed by atoms with Crippen molar-refractivity contribution < 1.29 is 34.7 Å². The molecule has 0 saturated heterocycles. The van der Waals surface area contributed by atoms with Crippen LogP contribution >= 0.6 is 22.6 Å². The maximum atomic E-state index is 13.7. The number of fused-ring (bicyclic) bond motifs is 6. The molecule has 0 radical (unpaired) electrons. The van der Waals surface area contributed by atoms with Gasteiger partial charge in [-0.3, -0.25) is 9.59 Å². The van der Waals surface area contributed by atoms with Crippen molar-refractivity contribution >= 4 is 44.3 Å². The van der Waals surface area contributed by atoms with Crippen molar-refractivity contribution in [1.29, 1.82) is 0 Å². The lowest BCUT2D eigenvalue weighted by atomic mass is 9.80. The van der Waals surface area contributed by atoms with Gasteiger partial charge in [-0.15, -0.1) is 0 Å². The number of methoxy groups -OCH3 is 1. The Bertz CT molecular complexity index is 1910. The smallest absolute Gasteiger partial charge is 0.262 e. The molecule has 2 aliphatic rings. The zero-order valence-electron chi connectivity index (χ0n) is 22.8. The second-order valence-corrected chi connectivity index (χ2v) is 11.5. The number of hydrogen-bond donors (Lipinski definition) is 5. The number of benzene rings is 2. The van der Waals surface area contributed by atoms with Crippen LogP contribution in [-0.4, -0.2) is 37.2 Å². The van der Waals surface area contributed by atoms with Gasteiger partial charge in [0, 0.05) is 44.8 Å². The highest BCUT2D eigenvalue weighted by Crippen LogP contribution is 2.56. The molecule has 2 aromatic heterocycles. The Morgan fingerprint density at radius 1 is 0.951 bits per heavy atom. The molecule has 0 bridgehead atoms. The van der Waals surface area contributed by atoms with Crippen molar-refractivity contribution in [3.05, 3.63) is 54.3 Å². The molecule has 0 unspecified atom stereocenters. The van der Waals surface area contributed by atoms with E-state index in [1.165, 1.54) is 11.7 Å². The van der Waals surface area contributed by atoms with Crippen LogP contribution in [-0.2, 0) is 30.7 Å². The molecule has 5 N–H and O–H groups in total. The Labute approximate surface area is 247 Å². The maximum Gasteiger partial charge on any atom is 0.262 e. The zero-order chi connectivity index (χ0) is 29.5. The van der Waals surface area contributed by atoms with E-state index in [2.05, 4.69) is 22.6 Å². The molecule has 0 amide bonds. The molecule has 4 aromatic rings. The van der Waals surface area contributed by atoms with Gasteiger partial charge < -0.3 is 39.3 Å². The minimum Gasteiger partial charge on any atom is -0.507 e. The standard InChI is InChI=1S/C30H30INO9/c1-4-5-14-13(10-31)19-21(30(39)32(14)2)24(36)17-11(23(19)35)6-7-12-18(17)25(37)22-26(38)20-15(33)8-9-16(34)28(20)41-29(22)27(12)40-3/h15-16,33-37H,4-10H2,1-3H3/t15-,16-/m0/s1. The van der Waals surface area contributed by atoms with Gasteiger partial charge in [0.05, 0.1) is 24.2 Å². The van der Waals surface area contributed by atoms with Crippen molar-refractivity contribution in [2.24, 2.45) is 7.05 Å². The van der Waals surface area contributed by atoms with Crippen LogP contribution in [0.15, 0.2) is 14.0 Å². The minimum atomic E-state index is -1.20. The first kappa shape index (κ1) is 27.9. The Morgan fingerprint density at radius 2 is 1.59 bits per heavy atom. The molecule has 2 atom stereocenters. The highest BCUT2D eigenvalue weighted by molar-refractivity contribution is 14.1. The second-order valence-electron chi connectivity index (χ2n) is 10.7. The van der Waals surface area contributed by atoms with E-state index in [1.807, 2.05) is 6.92 Å². The van der Waals surface area contributed by atoms with Crippen molar-refractivity contribution in [2.75, 3.05) is 7.11 Å². The first-order valence-corrected chi connectivity index (χ1v) is 15.1. The highest BCUT2D eigenvalue weighted by Gasteiger charge is 2.38. The third kappa shape index (κ3) is 3.67.